The van der Waals surface area contributed by atoms with Crippen molar-refractivity contribution in [2.75, 3.05) is 43.6 Å². The number of hydrogen-bond donors (Lipinski definition) is 3. The normalized spacial score (nSPS) is 17.6. The summed E-state index contributed by atoms with van der Waals surface area (Å²) in [5.74, 6) is -0.383. The third-order valence-corrected chi connectivity index (χ3v) is 6.60. The van der Waals surface area contributed by atoms with Crippen molar-refractivity contribution < 1.29 is 14.3 Å². The Labute approximate surface area is 211 Å². The van der Waals surface area contributed by atoms with E-state index in [0.29, 0.717) is 30.0 Å². The van der Waals surface area contributed by atoms with Crippen LogP contribution in [0.1, 0.15) is 25.1 Å². The van der Waals surface area contributed by atoms with Crippen LogP contribution in [0.15, 0.2) is 30.6 Å². The van der Waals surface area contributed by atoms with Gasteiger partial charge in [0.1, 0.15) is 11.7 Å². The molecule has 0 aliphatic carbocycles. The van der Waals surface area contributed by atoms with Crippen molar-refractivity contribution in [1.29, 1.82) is 5.26 Å². The quantitative estimate of drug-likeness (QED) is 0.260. The molecule has 0 saturated carbocycles. The Morgan fingerprint density at radius 2 is 2.11 bits per heavy atom. The van der Waals surface area contributed by atoms with Crippen molar-refractivity contribution in [3.05, 3.63) is 36.3 Å². The van der Waals surface area contributed by atoms with Gasteiger partial charge in [-0.1, -0.05) is 6.92 Å². The summed E-state index contributed by atoms with van der Waals surface area (Å²) in [5, 5.41) is 28.7. The summed E-state index contributed by atoms with van der Waals surface area (Å²) in [4.78, 5) is 34.6. The van der Waals surface area contributed by atoms with Crippen LogP contribution in [0.4, 0.5) is 11.6 Å². The van der Waals surface area contributed by atoms with Crippen LogP contribution in [-0.2, 0) is 14.3 Å². The number of carbonyl (C=O) groups excluding carboxylic acids is 2. The highest BCUT2D eigenvalue weighted by molar-refractivity contribution is 6.40. The molecule has 13 heteroatoms. The largest absolute Gasteiger partial charge is 0.383 e. The van der Waals surface area contributed by atoms with E-state index in [1.807, 2.05) is 16.8 Å². The fourth-order valence-electron chi connectivity index (χ4n) is 4.60. The summed E-state index contributed by atoms with van der Waals surface area (Å²) in [6, 6.07) is 7.28. The van der Waals surface area contributed by atoms with E-state index in [-0.39, 0.29) is 30.0 Å². The van der Waals surface area contributed by atoms with Crippen LogP contribution >= 0.6 is 0 Å². The number of hydrogen-bond acceptors (Lipinski definition) is 9. The first-order valence-corrected chi connectivity index (χ1v) is 11.9. The molecule has 4 aromatic rings. The van der Waals surface area contributed by atoms with Crippen LogP contribution in [0, 0.1) is 17.2 Å². The number of nitrogens with one attached hydrogen (secondary N) is 3. The molecule has 1 aliphatic rings. The number of aromatic nitrogens is 6. The summed E-state index contributed by atoms with van der Waals surface area (Å²) in [6.07, 6.45) is 4.32. The average Bonchev–Trinajstić information content (AvgIpc) is 3.54. The fraction of sp³-hybridized carbons (Fsp3) is 0.375. The van der Waals surface area contributed by atoms with Crippen LogP contribution in [0.3, 0.4) is 0 Å². The Morgan fingerprint density at radius 1 is 1.24 bits per heavy atom. The second-order valence-electron chi connectivity index (χ2n) is 8.92. The number of aromatic amines is 1. The molecule has 3 N–H and O–H groups in total. The number of H-pyrrole nitrogens is 1. The van der Waals surface area contributed by atoms with E-state index in [9.17, 15) is 9.59 Å². The van der Waals surface area contributed by atoms with Crippen molar-refractivity contribution in [1.82, 2.24) is 35.3 Å². The number of pyridine rings is 1. The van der Waals surface area contributed by atoms with Gasteiger partial charge in [0.05, 0.1) is 23.6 Å². The van der Waals surface area contributed by atoms with Gasteiger partial charge in [-0.3, -0.25) is 14.3 Å². The van der Waals surface area contributed by atoms with Gasteiger partial charge < -0.3 is 25.3 Å². The molecule has 1 saturated heterocycles. The van der Waals surface area contributed by atoms with Gasteiger partial charge in [0, 0.05) is 44.5 Å². The zero-order valence-electron chi connectivity index (χ0n) is 20.4. The molecule has 0 radical (unpaired) electrons. The summed E-state index contributed by atoms with van der Waals surface area (Å²) in [5.41, 5.74) is 1.77. The lowest BCUT2D eigenvalue weighted by molar-refractivity contribution is -0.136. The molecule has 1 fully saturated rings. The lowest BCUT2D eigenvalue weighted by atomic mass is 9.93. The van der Waals surface area contributed by atoms with E-state index in [1.165, 1.54) is 7.11 Å². The van der Waals surface area contributed by atoms with Crippen molar-refractivity contribution in [2.45, 2.75) is 19.4 Å². The lowest BCUT2D eigenvalue weighted by Gasteiger charge is -2.37. The number of anilines is 2. The highest BCUT2D eigenvalue weighted by Crippen LogP contribution is 2.36. The first-order valence-electron chi connectivity index (χ1n) is 11.9. The number of piperidine rings is 1. The maximum Gasteiger partial charge on any atom is 0.314 e. The highest BCUT2D eigenvalue weighted by atomic mass is 16.5. The van der Waals surface area contributed by atoms with Crippen LogP contribution in [0.2, 0.25) is 0 Å². The number of nitriles is 1. The molecule has 37 heavy (non-hydrogen) atoms. The van der Waals surface area contributed by atoms with E-state index in [4.69, 9.17) is 15.1 Å². The topological polar surface area (TPSA) is 167 Å². The number of ether oxygens (including phenoxy) is 1. The first-order chi connectivity index (χ1) is 18.0. The molecular weight excluding hydrogens is 476 g/mol. The van der Waals surface area contributed by atoms with E-state index < -0.39 is 11.8 Å². The van der Waals surface area contributed by atoms with Crippen molar-refractivity contribution >= 4 is 45.4 Å². The number of nitrogens with zero attached hydrogens (tertiary/aromatic N) is 7. The number of rotatable bonds is 6. The molecule has 1 aliphatic heterocycles. The van der Waals surface area contributed by atoms with Gasteiger partial charge in [0.15, 0.2) is 17.3 Å². The molecule has 5 heterocycles. The zero-order chi connectivity index (χ0) is 25.9. The zero-order valence-corrected chi connectivity index (χ0v) is 20.4. The second kappa shape index (κ2) is 10.2. The van der Waals surface area contributed by atoms with Crippen molar-refractivity contribution in [3.63, 3.8) is 0 Å². The van der Waals surface area contributed by atoms with Crippen molar-refractivity contribution in [2.24, 2.45) is 5.92 Å². The Morgan fingerprint density at radius 3 is 2.86 bits per heavy atom. The number of methoxy groups -OCH3 is 1. The molecular formula is C24H26N10O3. The summed E-state index contributed by atoms with van der Waals surface area (Å²) >= 11 is 0. The van der Waals surface area contributed by atoms with E-state index >= 15 is 0 Å². The molecule has 13 nitrogen and oxygen atoms in total. The summed E-state index contributed by atoms with van der Waals surface area (Å²) in [6.45, 7) is 4.06. The molecule has 2 amide bonds. The number of fused-ring (bicyclic) bond motifs is 3. The maximum atomic E-state index is 12.6. The average molecular weight is 503 g/mol. The van der Waals surface area contributed by atoms with Gasteiger partial charge in [-0.05, 0) is 30.5 Å². The number of amides is 2. The molecule has 5 rings (SSSR count). The highest BCUT2D eigenvalue weighted by Gasteiger charge is 2.32. The molecule has 0 bridgehead atoms. The van der Waals surface area contributed by atoms with Gasteiger partial charge in [0.25, 0.3) is 0 Å². The molecule has 0 unspecified atom stereocenters. The minimum Gasteiger partial charge on any atom is -0.383 e. The molecule has 2 atom stereocenters. The summed E-state index contributed by atoms with van der Waals surface area (Å²) < 4.78 is 6.83. The van der Waals surface area contributed by atoms with Crippen LogP contribution in [0.5, 0.6) is 0 Å². The monoisotopic (exact) mass is 502 g/mol. The van der Waals surface area contributed by atoms with E-state index in [1.54, 1.807) is 24.5 Å². The van der Waals surface area contributed by atoms with Gasteiger partial charge in [0.2, 0.25) is 0 Å². The third-order valence-electron chi connectivity index (χ3n) is 6.60. The standard InChI is InChI=1S/C24H26N10O3/c1-14-6-9-33(19-4-3-15(11-25)30-31-19)13-18(14)34-20-16-5-7-26-21(16)28-12-17(20)22(32-34)29-24(36)23(35)27-8-10-37-2/h3-5,7,12,14,18H,6,8-10,13H2,1-2H3,(H,26,28)(H,27,35)(H,29,32,36)/t14-,18+/m1/s1. The Hall–Kier alpha value is -4.57. The Kier molecular flexibility index (Phi) is 6.65. The van der Waals surface area contributed by atoms with Crippen molar-refractivity contribution in [3.8, 4) is 6.07 Å². The van der Waals surface area contributed by atoms with Gasteiger partial charge in [-0.25, -0.2) is 4.98 Å². The van der Waals surface area contributed by atoms with Crippen LogP contribution in [-0.4, -0.2) is 75.1 Å². The van der Waals surface area contributed by atoms with Crippen LogP contribution in [0.25, 0.3) is 21.9 Å². The maximum absolute atomic E-state index is 12.6. The van der Waals surface area contributed by atoms with E-state index in [2.05, 4.69) is 42.6 Å². The van der Waals surface area contributed by atoms with Gasteiger partial charge >= 0.3 is 11.8 Å². The fourth-order valence-corrected chi connectivity index (χ4v) is 4.60. The van der Waals surface area contributed by atoms with Crippen LogP contribution < -0.4 is 15.5 Å². The third kappa shape index (κ3) is 4.66. The lowest BCUT2D eigenvalue weighted by Crippen LogP contribution is -2.41. The smallest absolute Gasteiger partial charge is 0.314 e. The second-order valence-corrected chi connectivity index (χ2v) is 8.92. The van der Waals surface area contributed by atoms with Gasteiger partial charge in [-0.15, -0.1) is 10.2 Å². The molecule has 0 aromatic carbocycles. The minimum atomic E-state index is -0.817. The molecule has 190 valence electrons. The Balaban J connectivity index is 1.50. The molecule has 0 spiro atoms. The summed E-state index contributed by atoms with van der Waals surface area (Å²) in [7, 11) is 1.51. The Bertz CT molecular complexity index is 1490. The predicted molar refractivity (Wildman–Crippen MR) is 135 cm³/mol. The van der Waals surface area contributed by atoms with E-state index in [0.717, 1.165) is 23.9 Å². The number of carbonyl (C=O) groups is 2. The predicted octanol–water partition coefficient (Wildman–Crippen LogP) is 1.36. The SMILES string of the molecule is COCCNC(=O)C(=O)Nc1nn([C@H]2CN(c3ccc(C#N)nn3)CC[C@H]2C)c2c1cnc1[nH]ccc12. The first kappa shape index (κ1) is 24.1. The minimum absolute atomic E-state index is 0.0737. The van der Waals surface area contributed by atoms with Gasteiger partial charge in [-0.2, -0.15) is 10.4 Å². The molecule has 4 aromatic heterocycles.